The van der Waals surface area contributed by atoms with Crippen LogP contribution in [0.2, 0.25) is 0 Å². The van der Waals surface area contributed by atoms with Gasteiger partial charge in [-0.15, -0.1) is 0 Å². The quantitative estimate of drug-likeness (QED) is 0.794. The molecular formula is C21H29N3O4. The van der Waals surface area contributed by atoms with Gasteiger partial charge in [0.2, 0.25) is 11.8 Å². The van der Waals surface area contributed by atoms with Gasteiger partial charge in [0, 0.05) is 38.6 Å². The predicted molar refractivity (Wildman–Crippen MR) is 105 cm³/mol. The molecule has 7 nitrogen and oxygen atoms in total. The van der Waals surface area contributed by atoms with Crippen molar-refractivity contribution in [3.8, 4) is 11.5 Å². The van der Waals surface area contributed by atoms with Crippen LogP contribution in [0.3, 0.4) is 0 Å². The zero-order valence-corrected chi connectivity index (χ0v) is 16.5. The summed E-state index contributed by atoms with van der Waals surface area (Å²) in [5, 5.41) is 3.06. The Bertz CT molecular complexity index is 726. The molecule has 2 amide bonds. The molecule has 0 spiro atoms. The number of nitrogens with one attached hydrogen (secondary N) is 1. The number of fused-ring (bicyclic) bond motifs is 1. The summed E-state index contributed by atoms with van der Waals surface area (Å²) in [4.78, 5) is 28.9. The van der Waals surface area contributed by atoms with Gasteiger partial charge in [0.15, 0.2) is 11.5 Å². The van der Waals surface area contributed by atoms with Gasteiger partial charge in [-0.05, 0) is 43.9 Å². The summed E-state index contributed by atoms with van der Waals surface area (Å²) < 4.78 is 11.1. The molecule has 2 fully saturated rings. The fourth-order valence-electron chi connectivity index (χ4n) is 3.73. The highest BCUT2D eigenvalue weighted by atomic mass is 16.6. The van der Waals surface area contributed by atoms with Crippen LogP contribution < -0.4 is 14.8 Å². The van der Waals surface area contributed by atoms with E-state index in [9.17, 15) is 9.59 Å². The summed E-state index contributed by atoms with van der Waals surface area (Å²) in [7, 11) is 0. The first kappa shape index (κ1) is 19.1. The van der Waals surface area contributed by atoms with E-state index in [1.54, 1.807) is 0 Å². The zero-order chi connectivity index (χ0) is 19.5. The van der Waals surface area contributed by atoms with Crippen molar-refractivity contribution in [2.45, 2.75) is 44.7 Å². The maximum absolute atomic E-state index is 12.6. The number of piperazine rings is 1. The van der Waals surface area contributed by atoms with E-state index in [1.807, 2.05) is 30.0 Å². The van der Waals surface area contributed by atoms with E-state index in [0.29, 0.717) is 45.2 Å². The van der Waals surface area contributed by atoms with Crippen molar-refractivity contribution in [1.82, 2.24) is 15.1 Å². The van der Waals surface area contributed by atoms with Gasteiger partial charge in [0.1, 0.15) is 13.2 Å². The van der Waals surface area contributed by atoms with Gasteiger partial charge in [-0.25, -0.2) is 0 Å². The second kappa shape index (κ2) is 8.39. The molecule has 0 unspecified atom stereocenters. The molecule has 2 aliphatic heterocycles. The van der Waals surface area contributed by atoms with Crippen LogP contribution in [0.25, 0.3) is 0 Å². The molecule has 2 heterocycles. The third kappa shape index (κ3) is 4.58. The Kier molecular flexibility index (Phi) is 5.71. The van der Waals surface area contributed by atoms with Gasteiger partial charge in [0.05, 0.1) is 6.04 Å². The van der Waals surface area contributed by atoms with Gasteiger partial charge >= 0.3 is 0 Å². The molecule has 1 atom stereocenters. The van der Waals surface area contributed by atoms with Crippen LogP contribution in [0.4, 0.5) is 0 Å². The van der Waals surface area contributed by atoms with Crippen molar-refractivity contribution >= 4 is 11.8 Å². The van der Waals surface area contributed by atoms with Crippen molar-refractivity contribution in [2.24, 2.45) is 0 Å². The number of carbonyl (C=O) groups excluding carboxylic acids is 2. The lowest BCUT2D eigenvalue weighted by Gasteiger charge is -2.37. The topological polar surface area (TPSA) is 71.1 Å². The molecule has 152 valence electrons. The van der Waals surface area contributed by atoms with E-state index in [2.05, 4.69) is 10.2 Å². The van der Waals surface area contributed by atoms with E-state index < -0.39 is 0 Å². The van der Waals surface area contributed by atoms with Crippen molar-refractivity contribution in [3.05, 3.63) is 23.8 Å². The second-order valence-electron chi connectivity index (χ2n) is 7.85. The smallest absolute Gasteiger partial charge is 0.237 e. The van der Waals surface area contributed by atoms with Crippen LogP contribution in [0.1, 0.15) is 31.7 Å². The Hall–Kier alpha value is -2.28. The molecule has 28 heavy (non-hydrogen) atoms. The number of amides is 2. The first-order valence-electron chi connectivity index (χ1n) is 10.3. The summed E-state index contributed by atoms with van der Waals surface area (Å²) in [6.07, 6.45) is 3.38. The average molecular weight is 387 g/mol. The fraction of sp³-hybridized carbons (Fsp3) is 0.619. The highest BCUT2D eigenvalue weighted by Gasteiger charge is 2.30. The Morgan fingerprint density at radius 1 is 1.11 bits per heavy atom. The Balaban J connectivity index is 1.22. The number of carbonyl (C=O) groups is 2. The lowest BCUT2D eigenvalue weighted by atomic mass is 10.1. The van der Waals surface area contributed by atoms with E-state index in [1.165, 1.54) is 0 Å². The molecule has 4 rings (SSSR count). The largest absolute Gasteiger partial charge is 0.486 e. The fourth-order valence-corrected chi connectivity index (χ4v) is 3.73. The third-order valence-corrected chi connectivity index (χ3v) is 5.75. The number of aryl methyl sites for hydroxylation is 1. The molecule has 3 aliphatic rings. The van der Waals surface area contributed by atoms with Crippen LogP contribution in [-0.2, 0) is 16.0 Å². The Morgan fingerprint density at radius 2 is 1.82 bits per heavy atom. The molecule has 1 N–H and O–H groups in total. The number of benzene rings is 1. The molecule has 1 aromatic carbocycles. The summed E-state index contributed by atoms with van der Waals surface area (Å²) in [6, 6.07) is 6.15. The number of hydrogen-bond donors (Lipinski definition) is 1. The lowest BCUT2D eigenvalue weighted by Crippen LogP contribution is -2.55. The van der Waals surface area contributed by atoms with Crippen LogP contribution in [0.15, 0.2) is 18.2 Å². The number of ether oxygens (including phenoxy) is 2. The molecule has 1 saturated heterocycles. The molecule has 0 radical (unpaired) electrons. The SMILES string of the molecule is C[C@@H](C(=O)NC1CC1)N1CCN(C(=O)CCc2ccc3c(c2)OCCO3)CC1. The minimum absolute atomic E-state index is 0.112. The summed E-state index contributed by atoms with van der Waals surface area (Å²) in [6.45, 7) is 5.96. The van der Waals surface area contributed by atoms with Crippen LogP contribution in [0, 0.1) is 0 Å². The second-order valence-corrected chi connectivity index (χ2v) is 7.85. The maximum atomic E-state index is 12.6. The normalized spacial score (nSPS) is 20.5. The minimum Gasteiger partial charge on any atom is -0.486 e. The van der Waals surface area contributed by atoms with Gasteiger partial charge < -0.3 is 19.7 Å². The predicted octanol–water partition coefficient (Wildman–Crippen LogP) is 1.20. The standard InChI is InChI=1S/C21H29N3O4/c1-15(21(26)22-17-4-5-17)23-8-10-24(11-9-23)20(25)7-3-16-2-6-18-19(14-16)28-13-12-27-18/h2,6,14-15,17H,3-5,7-13H2,1H3,(H,22,26)/t15-/m0/s1. The molecule has 1 aliphatic carbocycles. The Labute approximate surface area is 166 Å². The lowest BCUT2D eigenvalue weighted by molar-refractivity contribution is -0.134. The van der Waals surface area contributed by atoms with Gasteiger partial charge in [0.25, 0.3) is 0 Å². The van der Waals surface area contributed by atoms with Crippen molar-refractivity contribution in [3.63, 3.8) is 0 Å². The average Bonchev–Trinajstić information content (AvgIpc) is 3.55. The van der Waals surface area contributed by atoms with Gasteiger partial charge in [-0.3, -0.25) is 14.5 Å². The monoisotopic (exact) mass is 387 g/mol. The first-order chi connectivity index (χ1) is 13.6. The highest BCUT2D eigenvalue weighted by Crippen LogP contribution is 2.31. The van der Waals surface area contributed by atoms with E-state index >= 15 is 0 Å². The Morgan fingerprint density at radius 3 is 2.54 bits per heavy atom. The van der Waals surface area contributed by atoms with Crippen molar-refractivity contribution in [1.29, 1.82) is 0 Å². The van der Waals surface area contributed by atoms with Crippen LogP contribution in [0.5, 0.6) is 11.5 Å². The van der Waals surface area contributed by atoms with E-state index in [0.717, 1.165) is 43.0 Å². The molecule has 1 saturated carbocycles. The number of rotatable bonds is 6. The zero-order valence-electron chi connectivity index (χ0n) is 16.5. The summed E-state index contributed by atoms with van der Waals surface area (Å²) in [5.41, 5.74) is 1.08. The number of nitrogens with zero attached hydrogens (tertiary/aromatic N) is 2. The molecule has 0 aromatic heterocycles. The van der Waals surface area contributed by atoms with Gasteiger partial charge in [-0.1, -0.05) is 6.07 Å². The van der Waals surface area contributed by atoms with Crippen molar-refractivity contribution < 1.29 is 19.1 Å². The third-order valence-electron chi connectivity index (χ3n) is 5.75. The summed E-state index contributed by atoms with van der Waals surface area (Å²) in [5.74, 6) is 1.83. The molecule has 7 heteroatoms. The molecule has 1 aromatic rings. The van der Waals surface area contributed by atoms with Crippen molar-refractivity contribution in [2.75, 3.05) is 39.4 Å². The van der Waals surface area contributed by atoms with E-state index in [-0.39, 0.29) is 17.9 Å². The van der Waals surface area contributed by atoms with E-state index in [4.69, 9.17) is 9.47 Å². The van der Waals surface area contributed by atoms with Crippen LogP contribution in [-0.4, -0.2) is 73.1 Å². The minimum atomic E-state index is -0.129. The number of hydrogen-bond acceptors (Lipinski definition) is 5. The highest BCUT2D eigenvalue weighted by molar-refractivity contribution is 5.82. The molecule has 0 bridgehead atoms. The summed E-state index contributed by atoms with van der Waals surface area (Å²) >= 11 is 0. The molecular weight excluding hydrogens is 358 g/mol. The maximum Gasteiger partial charge on any atom is 0.237 e. The van der Waals surface area contributed by atoms with Crippen LogP contribution >= 0.6 is 0 Å². The first-order valence-corrected chi connectivity index (χ1v) is 10.3. The van der Waals surface area contributed by atoms with Gasteiger partial charge in [-0.2, -0.15) is 0 Å².